The number of carboxylic acid groups (broad SMARTS) is 1. The van der Waals surface area contributed by atoms with E-state index in [1.54, 1.807) is 6.07 Å². The molecule has 5 heteroatoms. The van der Waals surface area contributed by atoms with Gasteiger partial charge in [-0.25, -0.2) is 9.59 Å². The highest BCUT2D eigenvalue weighted by atomic mass is 16.4. The Hall–Kier alpha value is -2.56. The topological polar surface area (TPSA) is 78.4 Å². The number of hydrogen-bond acceptors (Lipinski definition) is 2. The fourth-order valence-electron chi connectivity index (χ4n) is 2.34. The van der Waals surface area contributed by atoms with E-state index in [0.717, 1.165) is 10.8 Å². The smallest absolute Gasteiger partial charge is 0.326 e. The lowest BCUT2D eigenvalue weighted by molar-refractivity contribution is -0.139. The fraction of sp³-hybridized carbons (Fsp3) is 0.294. The van der Waals surface area contributed by atoms with Gasteiger partial charge in [0.25, 0.3) is 0 Å². The van der Waals surface area contributed by atoms with Gasteiger partial charge in [0.15, 0.2) is 0 Å². The first-order valence-corrected chi connectivity index (χ1v) is 7.25. The minimum absolute atomic E-state index is 0.180. The molecular weight excluding hydrogens is 280 g/mol. The number of amides is 2. The Kier molecular flexibility index (Phi) is 4.99. The van der Waals surface area contributed by atoms with Crippen molar-refractivity contribution in [3.8, 4) is 0 Å². The maximum absolute atomic E-state index is 12.1. The van der Waals surface area contributed by atoms with Crippen LogP contribution in [0.2, 0.25) is 0 Å². The van der Waals surface area contributed by atoms with Gasteiger partial charge in [-0.1, -0.05) is 50.2 Å². The summed E-state index contributed by atoms with van der Waals surface area (Å²) in [7, 11) is 0. The Labute approximate surface area is 129 Å². The number of aliphatic carboxylic acids is 1. The Morgan fingerprint density at radius 2 is 1.77 bits per heavy atom. The number of rotatable bonds is 5. The average Bonchev–Trinajstić information content (AvgIpc) is 2.46. The quantitative estimate of drug-likeness (QED) is 0.791. The molecule has 0 saturated heterocycles. The van der Waals surface area contributed by atoms with Gasteiger partial charge in [0.1, 0.15) is 6.04 Å². The number of carbonyl (C=O) groups excluding carboxylic acids is 1. The average molecular weight is 300 g/mol. The van der Waals surface area contributed by atoms with Gasteiger partial charge in [0, 0.05) is 5.39 Å². The van der Waals surface area contributed by atoms with Gasteiger partial charge in [-0.05, 0) is 23.8 Å². The number of carbonyl (C=O) groups is 2. The summed E-state index contributed by atoms with van der Waals surface area (Å²) in [5, 5.41) is 16.3. The summed E-state index contributed by atoms with van der Waals surface area (Å²) in [6, 6.07) is 11.9. The molecule has 116 valence electrons. The zero-order chi connectivity index (χ0) is 16.1. The third-order valence-electron chi connectivity index (χ3n) is 3.35. The van der Waals surface area contributed by atoms with Crippen molar-refractivity contribution >= 4 is 28.5 Å². The van der Waals surface area contributed by atoms with Gasteiger partial charge in [0.2, 0.25) is 0 Å². The molecular formula is C17H20N2O3. The molecule has 0 heterocycles. The number of nitrogens with one attached hydrogen (secondary N) is 2. The molecule has 0 fully saturated rings. The zero-order valence-corrected chi connectivity index (χ0v) is 12.7. The van der Waals surface area contributed by atoms with E-state index in [1.807, 2.05) is 50.2 Å². The van der Waals surface area contributed by atoms with Gasteiger partial charge < -0.3 is 15.7 Å². The van der Waals surface area contributed by atoms with Crippen molar-refractivity contribution in [3.63, 3.8) is 0 Å². The standard InChI is InChI=1S/C17H20N2O3/c1-11(2)10-15(16(20)21)19-17(22)18-14-9-5-7-12-6-3-4-8-13(12)14/h3-9,11,15H,10H2,1-2H3,(H,20,21)(H2,18,19,22). The number of fused-ring (bicyclic) bond motifs is 1. The van der Waals surface area contributed by atoms with Crippen LogP contribution in [-0.2, 0) is 4.79 Å². The minimum Gasteiger partial charge on any atom is -0.480 e. The fourth-order valence-corrected chi connectivity index (χ4v) is 2.34. The molecule has 0 bridgehead atoms. The predicted octanol–water partition coefficient (Wildman–Crippen LogP) is 3.46. The van der Waals surface area contributed by atoms with E-state index < -0.39 is 18.0 Å². The number of benzene rings is 2. The SMILES string of the molecule is CC(C)CC(NC(=O)Nc1cccc2ccccc12)C(=O)O. The summed E-state index contributed by atoms with van der Waals surface area (Å²) in [4.78, 5) is 23.3. The van der Waals surface area contributed by atoms with E-state index in [2.05, 4.69) is 10.6 Å². The van der Waals surface area contributed by atoms with Crippen molar-refractivity contribution in [1.29, 1.82) is 0 Å². The lowest BCUT2D eigenvalue weighted by Crippen LogP contribution is -2.43. The third kappa shape index (κ3) is 3.97. The molecule has 0 aliphatic carbocycles. The van der Waals surface area contributed by atoms with Crippen LogP contribution in [0.25, 0.3) is 10.8 Å². The first-order chi connectivity index (χ1) is 10.5. The number of hydrogen-bond donors (Lipinski definition) is 3. The third-order valence-corrected chi connectivity index (χ3v) is 3.35. The van der Waals surface area contributed by atoms with Crippen molar-refractivity contribution < 1.29 is 14.7 Å². The molecule has 2 rings (SSSR count). The zero-order valence-electron chi connectivity index (χ0n) is 12.7. The number of anilines is 1. The first kappa shape index (κ1) is 15.8. The second-order valence-electron chi connectivity index (χ2n) is 5.65. The molecule has 2 aromatic carbocycles. The summed E-state index contributed by atoms with van der Waals surface area (Å²) in [5.41, 5.74) is 0.657. The predicted molar refractivity (Wildman–Crippen MR) is 87.0 cm³/mol. The first-order valence-electron chi connectivity index (χ1n) is 7.25. The summed E-state index contributed by atoms with van der Waals surface area (Å²) < 4.78 is 0. The Balaban J connectivity index is 2.12. The van der Waals surface area contributed by atoms with Gasteiger partial charge in [-0.2, -0.15) is 0 Å². The van der Waals surface area contributed by atoms with Gasteiger partial charge in [-0.3, -0.25) is 0 Å². The maximum Gasteiger partial charge on any atom is 0.326 e. The molecule has 5 nitrogen and oxygen atoms in total. The lowest BCUT2D eigenvalue weighted by atomic mass is 10.0. The van der Waals surface area contributed by atoms with Crippen LogP contribution in [-0.4, -0.2) is 23.1 Å². The van der Waals surface area contributed by atoms with Crippen molar-refractivity contribution in [1.82, 2.24) is 5.32 Å². The molecule has 0 aromatic heterocycles. The number of urea groups is 1. The Bertz CT molecular complexity index is 677. The molecule has 1 atom stereocenters. The van der Waals surface area contributed by atoms with E-state index in [4.69, 9.17) is 5.11 Å². The molecule has 3 N–H and O–H groups in total. The molecule has 2 aromatic rings. The highest BCUT2D eigenvalue weighted by molar-refractivity contribution is 6.02. The normalized spacial score (nSPS) is 12.1. The summed E-state index contributed by atoms with van der Waals surface area (Å²) >= 11 is 0. The van der Waals surface area contributed by atoms with Crippen molar-refractivity contribution in [3.05, 3.63) is 42.5 Å². The van der Waals surface area contributed by atoms with Crippen LogP contribution < -0.4 is 10.6 Å². The molecule has 0 saturated carbocycles. The molecule has 0 aliphatic rings. The van der Waals surface area contributed by atoms with Crippen molar-refractivity contribution in [2.75, 3.05) is 5.32 Å². The second kappa shape index (κ2) is 6.93. The maximum atomic E-state index is 12.1. The van der Waals surface area contributed by atoms with Crippen molar-refractivity contribution in [2.24, 2.45) is 5.92 Å². The highest BCUT2D eigenvalue weighted by Gasteiger charge is 2.21. The van der Waals surface area contributed by atoms with Gasteiger partial charge >= 0.3 is 12.0 Å². The van der Waals surface area contributed by atoms with Crippen LogP contribution in [0, 0.1) is 5.92 Å². The van der Waals surface area contributed by atoms with E-state index in [1.165, 1.54) is 0 Å². The molecule has 0 aliphatic heterocycles. The van der Waals surface area contributed by atoms with E-state index in [9.17, 15) is 9.59 Å². The summed E-state index contributed by atoms with van der Waals surface area (Å²) in [6.45, 7) is 3.83. The van der Waals surface area contributed by atoms with E-state index in [-0.39, 0.29) is 5.92 Å². The lowest BCUT2D eigenvalue weighted by Gasteiger charge is -2.17. The second-order valence-corrected chi connectivity index (χ2v) is 5.65. The number of carboxylic acids is 1. The Morgan fingerprint density at radius 1 is 1.09 bits per heavy atom. The Morgan fingerprint density at radius 3 is 2.45 bits per heavy atom. The summed E-state index contributed by atoms with van der Waals surface area (Å²) in [5.74, 6) is -0.847. The summed E-state index contributed by atoms with van der Waals surface area (Å²) in [6.07, 6.45) is 0.387. The monoisotopic (exact) mass is 300 g/mol. The molecule has 2 amide bonds. The largest absolute Gasteiger partial charge is 0.480 e. The molecule has 0 radical (unpaired) electrons. The van der Waals surface area contributed by atoms with Gasteiger partial charge in [-0.15, -0.1) is 0 Å². The van der Waals surface area contributed by atoms with Crippen LogP contribution in [0.15, 0.2) is 42.5 Å². The van der Waals surface area contributed by atoms with Crippen molar-refractivity contribution in [2.45, 2.75) is 26.3 Å². The van der Waals surface area contributed by atoms with E-state index >= 15 is 0 Å². The van der Waals surface area contributed by atoms with Crippen LogP contribution in [0.4, 0.5) is 10.5 Å². The molecule has 1 unspecified atom stereocenters. The van der Waals surface area contributed by atoms with Crippen LogP contribution in [0.3, 0.4) is 0 Å². The van der Waals surface area contributed by atoms with Crippen LogP contribution >= 0.6 is 0 Å². The highest BCUT2D eigenvalue weighted by Crippen LogP contribution is 2.22. The minimum atomic E-state index is -1.03. The molecule has 0 spiro atoms. The van der Waals surface area contributed by atoms with Gasteiger partial charge in [0.05, 0.1) is 5.69 Å². The van der Waals surface area contributed by atoms with Crippen LogP contribution in [0.1, 0.15) is 20.3 Å². The van der Waals surface area contributed by atoms with Crippen LogP contribution in [0.5, 0.6) is 0 Å². The van der Waals surface area contributed by atoms with E-state index in [0.29, 0.717) is 12.1 Å². The molecule has 22 heavy (non-hydrogen) atoms.